The Hall–Kier alpha value is -3.15. The van der Waals surface area contributed by atoms with E-state index in [1.54, 1.807) is 0 Å². The van der Waals surface area contributed by atoms with Crippen molar-refractivity contribution in [1.29, 1.82) is 0 Å². The van der Waals surface area contributed by atoms with E-state index in [0.717, 1.165) is 0 Å². The molecule has 0 aliphatic carbocycles. The predicted molar refractivity (Wildman–Crippen MR) is 79.4 cm³/mol. The molecule has 0 bridgehead atoms. The first kappa shape index (κ1) is 16.9. The Morgan fingerprint density at radius 1 is 1.32 bits per heavy atom. The van der Waals surface area contributed by atoms with Gasteiger partial charge in [0.25, 0.3) is 11.4 Å². The topological polar surface area (TPSA) is 127 Å². The molecular weight excluding hydrogens is 292 g/mol. The zero-order valence-corrected chi connectivity index (χ0v) is 12.0. The van der Waals surface area contributed by atoms with Crippen LogP contribution >= 0.6 is 0 Å². The lowest BCUT2D eigenvalue weighted by Crippen LogP contribution is -2.38. The zero-order valence-electron chi connectivity index (χ0n) is 12.0. The molecule has 0 aliphatic heterocycles. The predicted octanol–water partition coefficient (Wildman–Crippen LogP) is 1.36. The van der Waals surface area contributed by atoms with Gasteiger partial charge in [0.2, 0.25) is 5.91 Å². The standard InChI is InChI=1S/C13H14N4O5/c1-4-5-14-13(18)9(3)15-12-10(16(19)20)6-8(2)7-11(12)17(21)22/h1,6-7,9,15H,5H2,2-3H3,(H,14,18). The van der Waals surface area contributed by atoms with Crippen molar-refractivity contribution in [3.63, 3.8) is 0 Å². The van der Waals surface area contributed by atoms with E-state index in [2.05, 4.69) is 16.6 Å². The Kier molecular flexibility index (Phi) is 5.40. The van der Waals surface area contributed by atoms with Gasteiger partial charge >= 0.3 is 0 Å². The molecule has 2 N–H and O–H groups in total. The van der Waals surface area contributed by atoms with Gasteiger partial charge in [0.05, 0.1) is 16.4 Å². The zero-order chi connectivity index (χ0) is 16.9. The van der Waals surface area contributed by atoms with E-state index in [1.807, 2.05) is 0 Å². The van der Waals surface area contributed by atoms with Crippen molar-refractivity contribution in [1.82, 2.24) is 5.32 Å². The average molecular weight is 306 g/mol. The number of terminal acetylenes is 1. The number of nitrogens with one attached hydrogen (secondary N) is 2. The van der Waals surface area contributed by atoms with Crippen molar-refractivity contribution < 1.29 is 14.6 Å². The summed E-state index contributed by atoms with van der Waals surface area (Å²) >= 11 is 0. The molecule has 0 aliphatic rings. The quantitative estimate of drug-likeness (QED) is 0.464. The molecule has 0 heterocycles. The summed E-state index contributed by atoms with van der Waals surface area (Å²) in [6, 6.07) is 1.46. The fourth-order valence-corrected chi connectivity index (χ4v) is 1.76. The van der Waals surface area contributed by atoms with E-state index in [0.29, 0.717) is 5.56 Å². The maximum Gasteiger partial charge on any atom is 0.299 e. The highest BCUT2D eigenvalue weighted by Gasteiger charge is 2.28. The molecule has 116 valence electrons. The molecule has 0 saturated carbocycles. The second-order valence-corrected chi connectivity index (χ2v) is 4.48. The molecule has 1 unspecified atom stereocenters. The molecule has 1 aromatic rings. The van der Waals surface area contributed by atoms with E-state index >= 15 is 0 Å². The van der Waals surface area contributed by atoms with Crippen LogP contribution < -0.4 is 10.6 Å². The number of nitro benzene ring substituents is 2. The van der Waals surface area contributed by atoms with E-state index in [4.69, 9.17) is 6.42 Å². The Balaban J connectivity index is 3.22. The number of rotatable bonds is 6. The van der Waals surface area contributed by atoms with Crippen LogP contribution in [0, 0.1) is 39.5 Å². The summed E-state index contributed by atoms with van der Waals surface area (Å²) in [4.78, 5) is 32.4. The van der Waals surface area contributed by atoms with Crippen molar-refractivity contribution in [3.8, 4) is 12.3 Å². The summed E-state index contributed by atoms with van der Waals surface area (Å²) in [5.74, 6) is 1.68. The third kappa shape index (κ3) is 3.92. The monoisotopic (exact) mass is 306 g/mol. The van der Waals surface area contributed by atoms with Gasteiger partial charge in [-0.2, -0.15) is 0 Å². The first-order chi connectivity index (χ1) is 10.3. The molecule has 1 atom stereocenters. The van der Waals surface area contributed by atoms with Crippen LogP contribution in [-0.2, 0) is 4.79 Å². The van der Waals surface area contributed by atoms with E-state index in [9.17, 15) is 25.0 Å². The Labute approximate surface area is 126 Å². The minimum atomic E-state index is -0.937. The molecule has 9 heteroatoms. The van der Waals surface area contributed by atoms with Crippen molar-refractivity contribution >= 4 is 23.0 Å². The van der Waals surface area contributed by atoms with Gasteiger partial charge in [0.15, 0.2) is 5.69 Å². The van der Waals surface area contributed by atoms with Crippen LogP contribution in [0.3, 0.4) is 0 Å². The number of nitrogens with zero attached hydrogens (tertiary/aromatic N) is 2. The van der Waals surface area contributed by atoms with Gasteiger partial charge in [-0.1, -0.05) is 5.92 Å². The average Bonchev–Trinajstić information content (AvgIpc) is 2.45. The van der Waals surface area contributed by atoms with Crippen LogP contribution in [0.2, 0.25) is 0 Å². The minimum Gasteiger partial charge on any atom is -0.363 e. The molecule has 1 rings (SSSR count). The highest BCUT2D eigenvalue weighted by molar-refractivity contribution is 5.87. The first-order valence-electron chi connectivity index (χ1n) is 6.19. The fraction of sp³-hybridized carbons (Fsp3) is 0.308. The first-order valence-corrected chi connectivity index (χ1v) is 6.19. The number of benzene rings is 1. The van der Waals surface area contributed by atoms with E-state index in [-0.39, 0.29) is 12.2 Å². The second-order valence-electron chi connectivity index (χ2n) is 4.48. The van der Waals surface area contributed by atoms with Crippen LogP contribution in [0.1, 0.15) is 12.5 Å². The SMILES string of the molecule is C#CCNC(=O)C(C)Nc1c([N+](=O)[O-])cc(C)cc1[N+](=O)[O-]. The molecule has 0 saturated heterocycles. The summed E-state index contributed by atoms with van der Waals surface area (Å²) < 4.78 is 0. The highest BCUT2D eigenvalue weighted by Crippen LogP contribution is 2.35. The smallest absolute Gasteiger partial charge is 0.299 e. The number of carbonyl (C=O) groups excluding carboxylic acids is 1. The van der Waals surface area contributed by atoms with Gasteiger partial charge in [0.1, 0.15) is 6.04 Å². The summed E-state index contributed by atoms with van der Waals surface area (Å²) in [7, 11) is 0. The van der Waals surface area contributed by atoms with Gasteiger partial charge in [0, 0.05) is 12.1 Å². The third-order valence-electron chi connectivity index (χ3n) is 2.75. The molecule has 1 aromatic carbocycles. The fourth-order valence-electron chi connectivity index (χ4n) is 1.76. The van der Waals surface area contributed by atoms with Crippen LogP contribution in [0.5, 0.6) is 0 Å². The normalized spacial score (nSPS) is 11.1. The Morgan fingerprint density at radius 2 is 1.82 bits per heavy atom. The summed E-state index contributed by atoms with van der Waals surface area (Å²) in [6.07, 6.45) is 5.01. The molecule has 0 aromatic heterocycles. The lowest BCUT2D eigenvalue weighted by atomic mass is 10.1. The summed E-state index contributed by atoms with van der Waals surface area (Å²) in [5.41, 5.74) is -0.885. The Morgan fingerprint density at radius 3 is 2.23 bits per heavy atom. The number of hydrogen-bond acceptors (Lipinski definition) is 6. The number of aryl methyl sites for hydroxylation is 1. The number of anilines is 1. The van der Waals surface area contributed by atoms with Crippen LogP contribution in [-0.4, -0.2) is 28.3 Å². The summed E-state index contributed by atoms with van der Waals surface area (Å²) in [5, 5.41) is 27.1. The lowest BCUT2D eigenvalue weighted by Gasteiger charge is -2.14. The molecule has 0 spiro atoms. The molecule has 22 heavy (non-hydrogen) atoms. The third-order valence-corrected chi connectivity index (χ3v) is 2.75. The number of nitro groups is 2. The maximum atomic E-state index is 11.7. The maximum absolute atomic E-state index is 11.7. The molecular formula is C13H14N4O5. The van der Waals surface area contributed by atoms with Crippen molar-refractivity contribution in [2.75, 3.05) is 11.9 Å². The molecule has 0 fully saturated rings. The van der Waals surface area contributed by atoms with Crippen molar-refractivity contribution in [2.45, 2.75) is 19.9 Å². The molecule has 9 nitrogen and oxygen atoms in total. The second kappa shape index (κ2) is 7.03. The highest BCUT2D eigenvalue weighted by atomic mass is 16.6. The van der Waals surface area contributed by atoms with Crippen LogP contribution in [0.25, 0.3) is 0 Å². The van der Waals surface area contributed by atoms with Gasteiger partial charge in [-0.25, -0.2) is 0 Å². The van der Waals surface area contributed by atoms with Gasteiger partial charge < -0.3 is 10.6 Å². The molecule has 0 radical (unpaired) electrons. The number of hydrogen-bond donors (Lipinski definition) is 2. The van der Waals surface area contributed by atoms with Crippen molar-refractivity contribution in [2.24, 2.45) is 0 Å². The van der Waals surface area contributed by atoms with Gasteiger partial charge in [-0.15, -0.1) is 6.42 Å². The summed E-state index contributed by atoms with van der Waals surface area (Å²) in [6.45, 7) is 2.91. The van der Waals surface area contributed by atoms with Gasteiger partial charge in [-0.05, 0) is 19.4 Å². The lowest BCUT2D eigenvalue weighted by molar-refractivity contribution is -0.392. The number of amides is 1. The van der Waals surface area contributed by atoms with Gasteiger partial charge in [-0.3, -0.25) is 25.0 Å². The van der Waals surface area contributed by atoms with Crippen LogP contribution in [0.15, 0.2) is 12.1 Å². The van der Waals surface area contributed by atoms with E-state index < -0.39 is 33.2 Å². The van der Waals surface area contributed by atoms with E-state index in [1.165, 1.54) is 26.0 Å². The largest absolute Gasteiger partial charge is 0.363 e. The number of carbonyl (C=O) groups is 1. The van der Waals surface area contributed by atoms with Crippen molar-refractivity contribution in [3.05, 3.63) is 37.9 Å². The Bertz CT molecular complexity index is 630. The minimum absolute atomic E-state index is 0.0110. The van der Waals surface area contributed by atoms with Crippen LogP contribution in [0.4, 0.5) is 17.1 Å². The molecule has 1 amide bonds.